The number of ether oxygens (including phenoxy) is 2. The van der Waals surface area contributed by atoms with E-state index in [0.717, 1.165) is 5.56 Å². The van der Waals surface area contributed by atoms with Gasteiger partial charge < -0.3 is 9.47 Å². The summed E-state index contributed by atoms with van der Waals surface area (Å²) in [6.45, 7) is -0.127. The molecule has 1 fully saturated rings. The third kappa shape index (κ3) is 5.35. The smallest absolute Gasteiger partial charge is 0.333 e. The predicted molar refractivity (Wildman–Crippen MR) is 127 cm³/mol. The van der Waals surface area contributed by atoms with E-state index in [1.54, 1.807) is 60.7 Å². The van der Waals surface area contributed by atoms with Crippen molar-refractivity contribution in [2.24, 2.45) is 0 Å². The van der Waals surface area contributed by atoms with Crippen LogP contribution in [0.3, 0.4) is 0 Å². The molecule has 0 radical (unpaired) electrons. The van der Waals surface area contributed by atoms with Crippen LogP contribution in [0, 0.1) is 0 Å². The first-order chi connectivity index (χ1) is 16.5. The molecule has 2 amide bonds. The van der Waals surface area contributed by atoms with E-state index < -0.39 is 21.9 Å². The highest BCUT2D eigenvalue weighted by atomic mass is 32.2. The molecule has 1 saturated heterocycles. The van der Waals surface area contributed by atoms with Gasteiger partial charge >= 0.3 is 5.97 Å². The third-order valence-electron chi connectivity index (χ3n) is 5.23. The van der Waals surface area contributed by atoms with E-state index in [4.69, 9.17) is 9.47 Å². The van der Waals surface area contributed by atoms with Crippen LogP contribution < -0.4 is 10.1 Å². The van der Waals surface area contributed by atoms with Crippen LogP contribution in [-0.2, 0) is 27.4 Å². The summed E-state index contributed by atoms with van der Waals surface area (Å²) in [5.41, 5.74) is 1.96. The molecule has 1 aliphatic heterocycles. The second kappa shape index (κ2) is 10.4. The maximum atomic E-state index is 13.0. The zero-order valence-corrected chi connectivity index (χ0v) is 18.9. The van der Waals surface area contributed by atoms with E-state index in [0.29, 0.717) is 28.6 Å². The number of carbonyl (C=O) groups excluding carboxylic acids is 4. The standard InChI is InChI=1S/C26H21NO6S/c28-22(20-9-5-2-6-10-20)17-32-21-13-11-18(12-14-21)15-26(23(29)27-25(31)34-26)24(30)33-16-19-7-3-1-4-8-19/h1-14H,15-17H2,(H,27,29,31)/t26-/m0/s1. The largest absolute Gasteiger partial charge is 0.485 e. The van der Waals surface area contributed by atoms with Crippen molar-refractivity contribution in [1.29, 1.82) is 0 Å². The van der Waals surface area contributed by atoms with Gasteiger partial charge in [-0.2, -0.15) is 0 Å². The van der Waals surface area contributed by atoms with Crippen LogP contribution in [0.2, 0.25) is 0 Å². The first-order valence-electron chi connectivity index (χ1n) is 10.5. The molecule has 0 bridgehead atoms. The summed E-state index contributed by atoms with van der Waals surface area (Å²) in [6, 6.07) is 24.6. The molecule has 0 saturated carbocycles. The van der Waals surface area contributed by atoms with E-state index in [-0.39, 0.29) is 25.4 Å². The number of benzene rings is 3. The summed E-state index contributed by atoms with van der Waals surface area (Å²) in [6.07, 6.45) is -0.0356. The van der Waals surface area contributed by atoms with E-state index in [1.165, 1.54) is 0 Å². The summed E-state index contributed by atoms with van der Waals surface area (Å²) in [5, 5.41) is 1.59. The van der Waals surface area contributed by atoms with Gasteiger partial charge in [0, 0.05) is 12.0 Å². The number of amides is 2. The van der Waals surface area contributed by atoms with E-state index in [9.17, 15) is 19.2 Å². The van der Waals surface area contributed by atoms with E-state index in [2.05, 4.69) is 5.32 Å². The van der Waals surface area contributed by atoms with Gasteiger partial charge in [-0.1, -0.05) is 72.8 Å². The molecular weight excluding hydrogens is 454 g/mol. The minimum atomic E-state index is -1.71. The Labute approximate surface area is 200 Å². The molecule has 0 unspecified atom stereocenters. The Kier molecular flexibility index (Phi) is 7.08. The van der Waals surface area contributed by atoms with Crippen molar-refractivity contribution in [2.75, 3.05) is 6.61 Å². The first kappa shape index (κ1) is 23.3. The van der Waals surface area contributed by atoms with Crippen molar-refractivity contribution < 1.29 is 28.7 Å². The van der Waals surface area contributed by atoms with Crippen molar-refractivity contribution in [1.82, 2.24) is 5.32 Å². The number of ketones is 1. The highest BCUT2D eigenvalue weighted by molar-refractivity contribution is 8.16. The van der Waals surface area contributed by atoms with E-state index >= 15 is 0 Å². The normalized spacial score (nSPS) is 17.2. The lowest BCUT2D eigenvalue weighted by molar-refractivity contribution is -0.150. The van der Waals surface area contributed by atoms with Gasteiger partial charge in [-0.15, -0.1) is 0 Å². The van der Waals surface area contributed by atoms with Crippen molar-refractivity contribution in [3.05, 3.63) is 102 Å². The van der Waals surface area contributed by atoms with Crippen LogP contribution in [0.25, 0.3) is 0 Å². The van der Waals surface area contributed by atoms with Gasteiger partial charge in [0.2, 0.25) is 4.75 Å². The van der Waals surface area contributed by atoms with Gasteiger partial charge in [0.15, 0.2) is 12.4 Å². The fourth-order valence-corrected chi connectivity index (χ4v) is 4.42. The average molecular weight is 476 g/mol. The minimum absolute atomic E-state index is 0.00826. The van der Waals surface area contributed by atoms with Gasteiger partial charge in [0.1, 0.15) is 12.4 Å². The Hall–Kier alpha value is -3.91. The van der Waals surface area contributed by atoms with Gasteiger partial charge in [-0.3, -0.25) is 19.7 Å². The minimum Gasteiger partial charge on any atom is -0.485 e. The third-order valence-corrected chi connectivity index (χ3v) is 6.37. The number of Topliss-reactive ketones (excluding diaryl/α,β-unsaturated/α-hetero) is 1. The second-order valence-corrected chi connectivity index (χ2v) is 8.90. The topological polar surface area (TPSA) is 98.8 Å². The van der Waals surface area contributed by atoms with Crippen LogP contribution in [-0.4, -0.2) is 34.3 Å². The summed E-state index contributed by atoms with van der Waals surface area (Å²) in [4.78, 5) is 49.7. The quantitative estimate of drug-likeness (QED) is 0.284. The molecule has 1 aliphatic rings. The fraction of sp³-hybridized carbons (Fsp3) is 0.154. The molecule has 3 aromatic carbocycles. The SMILES string of the molecule is O=C1NC(=O)[C@@](Cc2ccc(OCC(=O)c3ccccc3)cc2)(C(=O)OCc2ccccc2)S1. The first-order valence-corrected chi connectivity index (χ1v) is 11.3. The lowest BCUT2D eigenvalue weighted by atomic mass is 9.97. The van der Waals surface area contributed by atoms with Gasteiger partial charge in [-0.25, -0.2) is 4.79 Å². The number of rotatable bonds is 9. The number of nitrogens with one attached hydrogen (secondary N) is 1. The molecule has 1 N–H and O–H groups in total. The fourth-order valence-electron chi connectivity index (χ4n) is 3.43. The molecule has 172 valence electrons. The Morgan fingerprint density at radius 2 is 1.47 bits per heavy atom. The average Bonchev–Trinajstić information content (AvgIpc) is 3.16. The number of imide groups is 1. The van der Waals surface area contributed by atoms with Crippen LogP contribution in [0.15, 0.2) is 84.9 Å². The predicted octanol–water partition coefficient (Wildman–Crippen LogP) is 3.96. The Balaban J connectivity index is 1.42. The maximum Gasteiger partial charge on any atom is 0.333 e. The van der Waals surface area contributed by atoms with Crippen LogP contribution in [0.4, 0.5) is 4.79 Å². The molecule has 8 heteroatoms. The van der Waals surface area contributed by atoms with Crippen molar-refractivity contribution in [3.8, 4) is 5.75 Å². The molecule has 0 aliphatic carbocycles. The van der Waals surface area contributed by atoms with Gasteiger partial charge in [0.05, 0.1) is 0 Å². The second-order valence-electron chi connectivity index (χ2n) is 7.63. The van der Waals surface area contributed by atoms with Crippen molar-refractivity contribution >= 4 is 34.7 Å². The van der Waals surface area contributed by atoms with Crippen molar-refractivity contribution in [2.45, 2.75) is 17.8 Å². The zero-order valence-electron chi connectivity index (χ0n) is 18.1. The molecule has 0 aromatic heterocycles. The van der Waals surface area contributed by atoms with Crippen LogP contribution in [0.1, 0.15) is 21.5 Å². The van der Waals surface area contributed by atoms with Crippen molar-refractivity contribution in [3.63, 3.8) is 0 Å². The summed E-state index contributed by atoms with van der Waals surface area (Å²) in [7, 11) is 0. The summed E-state index contributed by atoms with van der Waals surface area (Å²) in [5.74, 6) is -1.16. The lowest BCUT2D eigenvalue weighted by Crippen LogP contribution is -2.46. The number of thioether (sulfide) groups is 1. The Bertz CT molecular complexity index is 1200. The van der Waals surface area contributed by atoms with Gasteiger partial charge in [-0.05, 0) is 35.0 Å². The highest BCUT2D eigenvalue weighted by Crippen LogP contribution is 2.37. The summed E-state index contributed by atoms with van der Waals surface area (Å²) >= 11 is 0.625. The lowest BCUT2D eigenvalue weighted by Gasteiger charge is -2.22. The number of esters is 1. The number of hydrogen-bond acceptors (Lipinski definition) is 7. The molecule has 4 rings (SSSR count). The molecule has 34 heavy (non-hydrogen) atoms. The Morgan fingerprint density at radius 3 is 2.09 bits per heavy atom. The molecule has 3 aromatic rings. The van der Waals surface area contributed by atoms with E-state index in [1.807, 2.05) is 24.3 Å². The number of carbonyl (C=O) groups is 4. The van der Waals surface area contributed by atoms with Crippen LogP contribution >= 0.6 is 11.8 Å². The molecule has 7 nitrogen and oxygen atoms in total. The molecule has 1 atom stereocenters. The summed E-state index contributed by atoms with van der Waals surface area (Å²) < 4.78 is 9.26. The number of hydrogen-bond donors (Lipinski definition) is 1. The molecule has 1 heterocycles. The van der Waals surface area contributed by atoms with Crippen LogP contribution in [0.5, 0.6) is 5.75 Å². The molecular formula is C26H21NO6S. The highest BCUT2D eigenvalue weighted by Gasteiger charge is 2.55. The Morgan fingerprint density at radius 1 is 0.824 bits per heavy atom. The zero-order chi connectivity index (χ0) is 24.0. The maximum absolute atomic E-state index is 13.0. The van der Waals surface area contributed by atoms with Gasteiger partial charge in [0.25, 0.3) is 11.1 Å². The monoisotopic (exact) mass is 475 g/mol. The molecule has 0 spiro atoms.